The average molecular weight is 426 g/mol. The molecule has 6 nitrogen and oxygen atoms in total. The van der Waals surface area contributed by atoms with Crippen LogP contribution in [-0.4, -0.2) is 26.7 Å². The van der Waals surface area contributed by atoms with Crippen molar-refractivity contribution in [1.29, 1.82) is 0 Å². The molecule has 0 bridgehead atoms. The number of sulfonamides is 1. The first-order valence-corrected chi connectivity index (χ1v) is 11.4. The maximum Gasteiger partial charge on any atom is 0.264 e. The number of amidine groups is 1. The molecule has 3 rings (SSSR count). The van der Waals surface area contributed by atoms with Crippen molar-refractivity contribution in [3.05, 3.63) is 75.9 Å². The standard InChI is InChI=1S/C23H27N3O3S/c1-5-18-7-9-19(10-8-18)13-24-21(27)14-25-23-17(4)22(30(28,29)26-23)20-11-6-15(2)16(3)12-20/h6-12H,5,13-14H2,1-4H3,(H,24,27)(H,25,26). The number of hydrogen-bond donors (Lipinski definition) is 2. The van der Waals surface area contributed by atoms with Crippen LogP contribution in [0, 0.1) is 13.8 Å². The lowest BCUT2D eigenvalue weighted by Crippen LogP contribution is -2.28. The van der Waals surface area contributed by atoms with E-state index in [2.05, 4.69) is 22.0 Å². The Labute approximate surface area is 178 Å². The third kappa shape index (κ3) is 4.79. The molecule has 0 saturated carbocycles. The number of nitrogens with zero attached hydrogens (tertiary/aromatic N) is 1. The lowest BCUT2D eigenvalue weighted by molar-refractivity contribution is -0.119. The van der Waals surface area contributed by atoms with Gasteiger partial charge >= 0.3 is 0 Å². The molecule has 0 fully saturated rings. The Bertz CT molecular complexity index is 1130. The first-order chi connectivity index (χ1) is 14.2. The van der Waals surface area contributed by atoms with Crippen molar-refractivity contribution >= 4 is 26.7 Å². The van der Waals surface area contributed by atoms with E-state index in [0.29, 0.717) is 17.7 Å². The van der Waals surface area contributed by atoms with Gasteiger partial charge in [-0.2, -0.15) is 0 Å². The number of aryl methyl sites for hydroxylation is 3. The Balaban J connectivity index is 1.71. The summed E-state index contributed by atoms with van der Waals surface area (Å²) in [4.78, 5) is 16.6. The zero-order valence-electron chi connectivity index (χ0n) is 17.7. The predicted molar refractivity (Wildman–Crippen MR) is 121 cm³/mol. The molecule has 2 aromatic rings. The number of benzene rings is 2. The van der Waals surface area contributed by atoms with Crippen LogP contribution in [0.15, 0.2) is 53.0 Å². The molecule has 2 N–H and O–H groups in total. The van der Waals surface area contributed by atoms with E-state index in [0.717, 1.165) is 23.1 Å². The molecule has 1 aliphatic rings. The van der Waals surface area contributed by atoms with Gasteiger partial charge in [-0.1, -0.05) is 49.4 Å². The van der Waals surface area contributed by atoms with Gasteiger partial charge in [0.25, 0.3) is 10.0 Å². The second kappa shape index (κ2) is 8.83. The van der Waals surface area contributed by atoms with E-state index in [1.807, 2.05) is 50.2 Å². The molecule has 0 saturated heterocycles. The first-order valence-electron chi connectivity index (χ1n) is 9.92. The summed E-state index contributed by atoms with van der Waals surface area (Å²) in [6.07, 6.45) is 0.969. The van der Waals surface area contributed by atoms with Crippen LogP contribution < -0.4 is 10.0 Å². The molecule has 0 aliphatic carbocycles. The van der Waals surface area contributed by atoms with Gasteiger partial charge in [-0.05, 0) is 55.0 Å². The largest absolute Gasteiger partial charge is 0.350 e. The fourth-order valence-electron chi connectivity index (χ4n) is 3.27. The van der Waals surface area contributed by atoms with Crippen molar-refractivity contribution in [1.82, 2.24) is 10.0 Å². The minimum atomic E-state index is -3.71. The minimum absolute atomic E-state index is 0.150. The molecule has 158 valence electrons. The van der Waals surface area contributed by atoms with E-state index >= 15 is 0 Å². The van der Waals surface area contributed by atoms with Crippen molar-refractivity contribution in [3.8, 4) is 0 Å². The molecule has 1 aliphatic heterocycles. The summed E-state index contributed by atoms with van der Waals surface area (Å²) in [6, 6.07) is 13.6. The fourth-order valence-corrected chi connectivity index (χ4v) is 4.78. The highest BCUT2D eigenvalue weighted by molar-refractivity contribution is 8.00. The van der Waals surface area contributed by atoms with E-state index in [1.54, 1.807) is 13.0 Å². The van der Waals surface area contributed by atoms with Gasteiger partial charge in [0, 0.05) is 12.1 Å². The van der Waals surface area contributed by atoms with Crippen LogP contribution in [-0.2, 0) is 27.8 Å². The topological polar surface area (TPSA) is 87.6 Å². The van der Waals surface area contributed by atoms with Gasteiger partial charge in [-0.3, -0.25) is 14.5 Å². The van der Waals surface area contributed by atoms with Gasteiger partial charge in [0.2, 0.25) is 5.91 Å². The van der Waals surface area contributed by atoms with Crippen molar-refractivity contribution in [3.63, 3.8) is 0 Å². The Kier molecular flexibility index (Phi) is 6.41. The number of amides is 1. The quantitative estimate of drug-likeness (QED) is 0.745. The van der Waals surface area contributed by atoms with Gasteiger partial charge in [-0.25, -0.2) is 8.42 Å². The molecule has 0 spiro atoms. The van der Waals surface area contributed by atoms with Crippen LogP contribution in [0.4, 0.5) is 0 Å². The van der Waals surface area contributed by atoms with Crippen molar-refractivity contribution < 1.29 is 13.2 Å². The maximum absolute atomic E-state index is 12.6. The molecule has 30 heavy (non-hydrogen) atoms. The van der Waals surface area contributed by atoms with Crippen molar-refractivity contribution in [2.24, 2.45) is 4.99 Å². The van der Waals surface area contributed by atoms with Gasteiger partial charge in [0.1, 0.15) is 17.3 Å². The van der Waals surface area contributed by atoms with E-state index in [9.17, 15) is 13.2 Å². The zero-order valence-corrected chi connectivity index (χ0v) is 18.6. The highest BCUT2D eigenvalue weighted by atomic mass is 32.2. The van der Waals surface area contributed by atoms with Crippen LogP contribution in [0.3, 0.4) is 0 Å². The van der Waals surface area contributed by atoms with Crippen LogP contribution in [0.25, 0.3) is 4.91 Å². The lowest BCUT2D eigenvalue weighted by atomic mass is 10.0. The summed E-state index contributed by atoms with van der Waals surface area (Å²) < 4.78 is 27.7. The number of rotatable bonds is 6. The number of nitrogens with one attached hydrogen (secondary N) is 2. The van der Waals surface area contributed by atoms with Crippen LogP contribution in [0.2, 0.25) is 0 Å². The fraction of sp³-hybridized carbons (Fsp3) is 0.304. The average Bonchev–Trinajstić information content (AvgIpc) is 2.95. The van der Waals surface area contributed by atoms with Crippen LogP contribution >= 0.6 is 0 Å². The first kappa shape index (κ1) is 21.8. The Morgan fingerprint density at radius 2 is 1.67 bits per heavy atom. The minimum Gasteiger partial charge on any atom is -0.350 e. The highest BCUT2D eigenvalue weighted by Crippen LogP contribution is 2.30. The summed E-state index contributed by atoms with van der Waals surface area (Å²) >= 11 is 0. The van der Waals surface area contributed by atoms with Crippen molar-refractivity contribution in [2.75, 3.05) is 6.54 Å². The van der Waals surface area contributed by atoms with E-state index in [4.69, 9.17) is 0 Å². The second-order valence-corrected chi connectivity index (χ2v) is 9.09. The maximum atomic E-state index is 12.6. The summed E-state index contributed by atoms with van der Waals surface area (Å²) in [5.41, 5.74) is 5.49. The molecular weight excluding hydrogens is 398 g/mol. The number of hydrogen-bond acceptors (Lipinski definition) is 4. The Morgan fingerprint density at radius 1 is 1.00 bits per heavy atom. The molecule has 1 heterocycles. The molecule has 2 aromatic carbocycles. The van der Waals surface area contributed by atoms with Crippen molar-refractivity contribution in [2.45, 2.75) is 40.7 Å². The van der Waals surface area contributed by atoms with E-state index in [-0.39, 0.29) is 23.2 Å². The monoisotopic (exact) mass is 425 g/mol. The second-order valence-electron chi connectivity index (χ2n) is 7.47. The summed E-state index contributed by atoms with van der Waals surface area (Å²) in [5.74, 6) is -0.0561. The predicted octanol–water partition coefficient (Wildman–Crippen LogP) is 3.24. The number of aliphatic imine (C=N–C) groups is 1. The van der Waals surface area contributed by atoms with Crippen LogP contribution in [0.5, 0.6) is 0 Å². The van der Waals surface area contributed by atoms with Crippen LogP contribution in [0.1, 0.15) is 41.7 Å². The molecule has 0 atom stereocenters. The normalized spacial score (nSPS) is 16.6. The van der Waals surface area contributed by atoms with Gasteiger partial charge in [0.15, 0.2) is 0 Å². The van der Waals surface area contributed by atoms with E-state index < -0.39 is 10.0 Å². The highest BCUT2D eigenvalue weighted by Gasteiger charge is 2.32. The van der Waals surface area contributed by atoms with Gasteiger partial charge < -0.3 is 5.32 Å². The SMILES string of the molecule is CCc1ccc(CNC(=O)CN=C2NS(=O)(=O)C(c3ccc(C)c(C)c3)=C2C)cc1. The molecule has 0 unspecified atom stereocenters. The lowest BCUT2D eigenvalue weighted by Gasteiger charge is -2.06. The molecule has 7 heteroatoms. The zero-order chi connectivity index (χ0) is 21.9. The smallest absolute Gasteiger partial charge is 0.264 e. The summed E-state index contributed by atoms with van der Waals surface area (Å²) in [5, 5.41) is 2.81. The molecule has 0 aromatic heterocycles. The Hall–Kier alpha value is -2.93. The number of carbonyl (C=O) groups excluding carboxylic acids is 1. The molecule has 1 amide bonds. The van der Waals surface area contributed by atoms with E-state index in [1.165, 1.54) is 5.56 Å². The number of carbonyl (C=O) groups is 1. The van der Waals surface area contributed by atoms with Gasteiger partial charge in [0.05, 0.1) is 0 Å². The summed E-state index contributed by atoms with van der Waals surface area (Å²) in [6.45, 7) is 7.97. The van der Waals surface area contributed by atoms with Gasteiger partial charge in [-0.15, -0.1) is 0 Å². The third-order valence-corrected chi connectivity index (χ3v) is 6.81. The molecule has 0 radical (unpaired) electrons. The Morgan fingerprint density at radius 3 is 2.30 bits per heavy atom. The third-order valence-electron chi connectivity index (χ3n) is 5.27. The molecular formula is C23H27N3O3S. The summed E-state index contributed by atoms with van der Waals surface area (Å²) in [7, 11) is -3.71.